The highest BCUT2D eigenvalue weighted by atomic mass is 35.5. The van der Waals surface area contributed by atoms with Gasteiger partial charge in [-0.15, -0.1) is 11.3 Å². The molecule has 3 nitrogen and oxygen atoms in total. The fraction of sp³-hybridized carbons (Fsp3) is 0.400. The highest BCUT2D eigenvalue weighted by molar-refractivity contribution is 7.15. The average Bonchev–Trinajstić information content (AvgIpc) is 2.79. The fourth-order valence-corrected chi connectivity index (χ4v) is 3.36. The van der Waals surface area contributed by atoms with Gasteiger partial charge in [0.25, 0.3) is 0 Å². The summed E-state index contributed by atoms with van der Waals surface area (Å²) in [4.78, 5) is 8.15. The molecule has 2 aromatic rings. The van der Waals surface area contributed by atoms with E-state index in [0.29, 0.717) is 0 Å². The first-order chi connectivity index (χ1) is 9.52. The van der Waals surface area contributed by atoms with Crippen LogP contribution in [0.3, 0.4) is 0 Å². The van der Waals surface area contributed by atoms with E-state index in [1.54, 1.807) is 11.3 Å². The van der Waals surface area contributed by atoms with Gasteiger partial charge in [-0.05, 0) is 38.6 Å². The molecule has 0 bridgehead atoms. The first kappa shape index (κ1) is 15.3. The van der Waals surface area contributed by atoms with Crippen molar-refractivity contribution in [3.8, 4) is 0 Å². The number of benzene rings is 1. The van der Waals surface area contributed by atoms with Crippen LogP contribution >= 0.6 is 22.9 Å². The minimum Gasteiger partial charge on any atom is -0.344 e. The maximum absolute atomic E-state index is 6.07. The minimum atomic E-state index is 0.238. The number of aromatic nitrogens is 1. The van der Waals surface area contributed by atoms with Crippen LogP contribution in [0.5, 0.6) is 0 Å². The quantitative estimate of drug-likeness (QED) is 0.904. The van der Waals surface area contributed by atoms with Crippen molar-refractivity contribution in [1.82, 2.24) is 10.3 Å². The Kier molecular flexibility index (Phi) is 5.02. The lowest BCUT2D eigenvalue weighted by Crippen LogP contribution is -2.21. The number of aryl methyl sites for hydroxylation is 1. The Hall–Kier alpha value is -1.10. The molecule has 0 saturated heterocycles. The van der Waals surface area contributed by atoms with Crippen LogP contribution in [0.1, 0.15) is 29.1 Å². The molecule has 1 aromatic heterocycles. The molecule has 1 atom stereocenters. The van der Waals surface area contributed by atoms with Crippen LogP contribution in [-0.4, -0.2) is 19.1 Å². The molecule has 1 unspecified atom stereocenters. The van der Waals surface area contributed by atoms with Crippen LogP contribution < -0.4 is 10.2 Å². The van der Waals surface area contributed by atoms with Crippen molar-refractivity contribution in [2.45, 2.75) is 26.4 Å². The molecule has 0 aliphatic heterocycles. The van der Waals surface area contributed by atoms with Crippen molar-refractivity contribution in [2.75, 3.05) is 19.0 Å². The van der Waals surface area contributed by atoms with Crippen LogP contribution in [0.4, 0.5) is 5.13 Å². The fourth-order valence-electron chi connectivity index (χ4n) is 2.04. The van der Waals surface area contributed by atoms with Crippen molar-refractivity contribution < 1.29 is 0 Å². The molecule has 0 radical (unpaired) electrons. The first-order valence-electron chi connectivity index (χ1n) is 6.62. The summed E-state index contributed by atoms with van der Waals surface area (Å²) >= 11 is 7.81. The van der Waals surface area contributed by atoms with E-state index in [1.807, 2.05) is 25.2 Å². The summed E-state index contributed by atoms with van der Waals surface area (Å²) in [6.45, 7) is 5.09. The van der Waals surface area contributed by atoms with Crippen molar-refractivity contribution in [1.29, 1.82) is 0 Å². The van der Waals surface area contributed by atoms with Crippen LogP contribution in [0.15, 0.2) is 24.3 Å². The zero-order chi connectivity index (χ0) is 14.7. The summed E-state index contributed by atoms with van der Waals surface area (Å²) in [6, 6.07) is 8.24. The number of halogens is 1. The average molecular weight is 310 g/mol. The third kappa shape index (κ3) is 3.32. The number of hydrogen-bond acceptors (Lipinski definition) is 4. The van der Waals surface area contributed by atoms with E-state index in [2.05, 4.69) is 42.2 Å². The second kappa shape index (κ2) is 6.57. The third-order valence-corrected chi connectivity index (χ3v) is 4.92. The standard InChI is InChI=1S/C15H20ClN3S/c1-10-14(9-17-3)20-15(18-10)19(4)11(2)12-6-5-7-13(16)8-12/h5-8,11,17H,9H2,1-4H3. The minimum absolute atomic E-state index is 0.238. The molecule has 1 N–H and O–H groups in total. The van der Waals surface area contributed by atoms with E-state index in [-0.39, 0.29) is 6.04 Å². The monoisotopic (exact) mass is 309 g/mol. The van der Waals surface area contributed by atoms with Gasteiger partial charge in [-0.1, -0.05) is 23.7 Å². The lowest BCUT2D eigenvalue weighted by Gasteiger charge is -2.24. The number of hydrogen-bond donors (Lipinski definition) is 1. The van der Waals surface area contributed by atoms with Gasteiger partial charge in [0.1, 0.15) is 0 Å². The summed E-state index contributed by atoms with van der Waals surface area (Å²) in [5.74, 6) is 0. The third-order valence-electron chi connectivity index (χ3n) is 3.43. The zero-order valence-electron chi connectivity index (χ0n) is 12.3. The molecule has 0 aliphatic rings. The highest BCUT2D eigenvalue weighted by Crippen LogP contribution is 2.31. The summed E-state index contributed by atoms with van der Waals surface area (Å²) in [6.07, 6.45) is 0. The molecule has 1 aromatic carbocycles. The number of rotatable bonds is 5. The predicted molar refractivity (Wildman–Crippen MR) is 87.9 cm³/mol. The maximum Gasteiger partial charge on any atom is 0.186 e. The Balaban J connectivity index is 2.22. The molecule has 1 heterocycles. The Morgan fingerprint density at radius 3 is 2.85 bits per heavy atom. The first-order valence-corrected chi connectivity index (χ1v) is 7.81. The molecule has 5 heteroatoms. The molecule has 2 rings (SSSR count). The Bertz CT molecular complexity index is 582. The van der Waals surface area contributed by atoms with Gasteiger partial charge in [0.15, 0.2) is 5.13 Å². The van der Waals surface area contributed by atoms with Crippen molar-refractivity contribution in [3.63, 3.8) is 0 Å². The largest absolute Gasteiger partial charge is 0.344 e. The second-order valence-electron chi connectivity index (χ2n) is 4.88. The van der Waals surface area contributed by atoms with E-state index in [4.69, 9.17) is 11.6 Å². The number of thiazole rings is 1. The summed E-state index contributed by atoms with van der Waals surface area (Å²) in [5, 5.41) is 4.99. The molecule has 108 valence electrons. The summed E-state index contributed by atoms with van der Waals surface area (Å²) in [5.41, 5.74) is 2.30. The molecule has 0 spiro atoms. The van der Waals surface area contributed by atoms with Gasteiger partial charge in [0.2, 0.25) is 0 Å². The van der Waals surface area contributed by atoms with Gasteiger partial charge in [-0.2, -0.15) is 0 Å². The van der Waals surface area contributed by atoms with Crippen LogP contribution in [-0.2, 0) is 6.54 Å². The molecule has 0 amide bonds. The van der Waals surface area contributed by atoms with E-state index in [0.717, 1.165) is 22.4 Å². The summed E-state index contributed by atoms with van der Waals surface area (Å²) in [7, 11) is 4.03. The predicted octanol–water partition coefficient (Wildman–Crippen LogP) is 4.02. The van der Waals surface area contributed by atoms with Gasteiger partial charge in [-0.3, -0.25) is 0 Å². The molecular formula is C15H20ClN3S. The molecule has 0 fully saturated rings. The van der Waals surface area contributed by atoms with Crippen molar-refractivity contribution >= 4 is 28.1 Å². The topological polar surface area (TPSA) is 28.2 Å². The Morgan fingerprint density at radius 1 is 1.45 bits per heavy atom. The summed E-state index contributed by atoms with van der Waals surface area (Å²) < 4.78 is 0. The maximum atomic E-state index is 6.07. The lowest BCUT2D eigenvalue weighted by atomic mass is 10.1. The van der Waals surface area contributed by atoms with Crippen molar-refractivity contribution in [2.24, 2.45) is 0 Å². The van der Waals surface area contributed by atoms with E-state index >= 15 is 0 Å². The van der Waals surface area contributed by atoms with E-state index in [9.17, 15) is 0 Å². The molecular weight excluding hydrogens is 290 g/mol. The van der Waals surface area contributed by atoms with Gasteiger partial charge in [-0.25, -0.2) is 4.98 Å². The highest BCUT2D eigenvalue weighted by Gasteiger charge is 2.17. The van der Waals surface area contributed by atoms with E-state index in [1.165, 1.54) is 10.4 Å². The lowest BCUT2D eigenvalue weighted by molar-refractivity contribution is 0.736. The second-order valence-corrected chi connectivity index (χ2v) is 6.38. The molecule has 20 heavy (non-hydrogen) atoms. The number of nitrogens with one attached hydrogen (secondary N) is 1. The van der Waals surface area contributed by atoms with Gasteiger partial charge in [0, 0.05) is 23.5 Å². The molecule has 0 aliphatic carbocycles. The van der Waals surface area contributed by atoms with Crippen LogP contribution in [0.2, 0.25) is 5.02 Å². The van der Waals surface area contributed by atoms with Gasteiger partial charge >= 0.3 is 0 Å². The van der Waals surface area contributed by atoms with Crippen molar-refractivity contribution in [3.05, 3.63) is 45.4 Å². The Labute approximate surface area is 129 Å². The molecule has 0 saturated carbocycles. The normalized spacial score (nSPS) is 12.4. The van der Waals surface area contributed by atoms with Crippen LogP contribution in [0.25, 0.3) is 0 Å². The number of anilines is 1. The number of nitrogens with zero attached hydrogens (tertiary/aromatic N) is 2. The smallest absolute Gasteiger partial charge is 0.186 e. The zero-order valence-corrected chi connectivity index (χ0v) is 13.8. The SMILES string of the molecule is CNCc1sc(N(C)C(C)c2cccc(Cl)c2)nc1C. The van der Waals surface area contributed by atoms with Crippen LogP contribution in [0, 0.1) is 6.92 Å². The van der Waals surface area contributed by atoms with E-state index < -0.39 is 0 Å². The van der Waals surface area contributed by atoms with Gasteiger partial charge in [0.05, 0.1) is 11.7 Å². The van der Waals surface area contributed by atoms with Gasteiger partial charge < -0.3 is 10.2 Å². The Morgan fingerprint density at radius 2 is 2.20 bits per heavy atom.